The summed E-state index contributed by atoms with van der Waals surface area (Å²) < 4.78 is 1.47. The zero-order valence-electron chi connectivity index (χ0n) is 11.3. The number of aromatic nitrogens is 3. The monoisotopic (exact) mass is 308 g/mol. The molecule has 9 heteroatoms. The van der Waals surface area contributed by atoms with Crippen molar-refractivity contribution in [3.63, 3.8) is 0 Å². The van der Waals surface area contributed by atoms with Gasteiger partial charge >= 0.3 is 11.7 Å². The van der Waals surface area contributed by atoms with Crippen molar-refractivity contribution in [3.8, 4) is 0 Å². The number of carbonyl (C=O) groups is 1. The maximum atomic E-state index is 11.2. The Kier molecular flexibility index (Phi) is 4.22. The lowest BCUT2D eigenvalue weighted by molar-refractivity contribution is -0.388. The highest BCUT2D eigenvalue weighted by Gasteiger charge is 2.27. The standard InChI is InChI=1S/C12H12N4O4S/c1-3-15-11(9(16(19)20)7(2)14-15)21-10-8(12(17)18)5-4-6-13-10/h4-6H,3H2,1-2H3,(H,17,18). The minimum absolute atomic E-state index is 0.00157. The van der Waals surface area contributed by atoms with Gasteiger partial charge in [0.15, 0.2) is 5.03 Å². The van der Waals surface area contributed by atoms with Gasteiger partial charge in [0.25, 0.3) is 0 Å². The molecule has 0 spiro atoms. The maximum Gasteiger partial charge on any atom is 0.338 e. The molecule has 1 N–H and O–H groups in total. The van der Waals surface area contributed by atoms with E-state index in [9.17, 15) is 14.9 Å². The average Bonchev–Trinajstić information content (AvgIpc) is 2.75. The first-order valence-corrected chi connectivity index (χ1v) is 6.85. The van der Waals surface area contributed by atoms with Gasteiger partial charge in [-0.1, -0.05) is 0 Å². The molecule has 0 aliphatic heterocycles. The van der Waals surface area contributed by atoms with E-state index in [1.165, 1.54) is 23.0 Å². The molecule has 0 atom stereocenters. The smallest absolute Gasteiger partial charge is 0.338 e. The topological polar surface area (TPSA) is 111 Å². The van der Waals surface area contributed by atoms with E-state index in [0.29, 0.717) is 6.54 Å². The fourth-order valence-electron chi connectivity index (χ4n) is 1.80. The summed E-state index contributed by atoms with van der Waals surface area (Å²) in [6.45, 7) is 3.79. The molecule has 0 amide bonds. The molecule has 8 nitrogen and oxygen atoms in total. The van der Waals surface area contributed by atoms with Crippen molar-refractivity contribution in [2.75, 3.05) is 0 Å². The minimum atomic E-state index is -1.13. The number of carboxylic acids is 1. The highest BCUT2D eigenvalue weighted by atomic mass is 32.2. The van der Waals surface area contributed by atoms with Crippen LogP contribution in [-0.4, -0.2) is 30.8 Å². The lowest BCUT2D eigenvalue weighted by Gasteiger charge is -2.05. The molecular formula is C12H12N4O4S. The van der Waals surface area contributed by atoms with Gasteiger partial charge in [-0.25, -0.2) is 9.78 Å². The lowest BCUT2D eigenvalue weighted by atomic mass is 10.3. The molecule has 2 rings (SSSR count). The molecule has 0 saturated heterocycles. The minimum Gasteiger partial charge on any atom is -0.478 e. The van der Waals surface area contributed by atoms with Gasteiger partial charge in [-0.2, -0.15) is 5.10 Å². The van der Waals surface area contributed by atoms with Crippen molar-refractivity contribution < 1.29 is 14.8 Å². The Labute approximate surface area is 124 Å². The Balaban J connectivity index is 2.54. The van der Waals surface area contributed by atoms with E-state index in [4.69, 9.17) is 5.11 Å². The zero-order chi connectivity index (χ0) is 15.6. The zero-order valence-corrected chi connectivity index (χ0v) is 12.1. The van der Waals surface area contributed by atoms with Crippen LogP contribution < -0.4 is 0 Å². The molecule has 0 aromatic carbocycles. The van der Waals surface area contributed by atoms with E-state index in [1.54, 1.807) is 13.8 Å². The predicted octanol–water partition coefficient (Wildman–Crippen LogP) is 2.36. The van der Waals surface area contributed by atoms with Crippen LogP contribution in [0.3, 0.4) is 0 Å². The molecule has 21 heavy (non-hydrogen) atoms. The Bertz CT molecular complexity index is 713. The maximum absolute atomic E-state index is 11.2. The summed E-state index contributed by atoms with van der Waals surface area (Å²) in [5.74, 6) is -1.13. The predicted molar refractivity (Wildman–Crippen MR) is 74.6 cm³/mol. The Morgan fingerprint density at radius 2 is 2.29 bits per heavy atom. The van der Waals surface area contributed by atoms with E-state index >= 15 is 0 Å². The van der Waals surface area contributed by atoms with E-state index in [2.05, 4.69) is 10.1 Å². The van der Waals surface area contributed by atoms with Gasteiger partial charge in [0.05, 0.1) is 10.5 Å². The van der Waals surface area contributed by atoms with Crippen molar-refractivity contribution in [1.82, 2.24) is 14.8 Å². The first-order valence-electron chi connectivity index (χ1n) is 6.03. The summed E-state index contributed by atoms with van der Waals surface area (Å²) in [5.41, 5.74) is 0.166. The quantitative estimate of drug-likeness (QED) is 0.666. The van der Waals surface area contributed by atoms with E-state index in [-0.39, 0.29) is 27.0 Å². The molecule has 110 valence electrons. The van der Waals surface area contributed by atoms with Crippen molar-refractivity contribution >= 4 is 23.4 Å². The van der Waals surface area contributed by atoms with Gasteiger partial charge in [0.2, 0.25) is 0 Å². The van der Waals surface area contributed by atoms with E-state index in [0.717, 1.165) is 11.8 Å². The van der Waals surface area contributed by atoms with Crippen molar-refractivity contribution in [3.05, 3.63) is 39.7 Å². The number of rotatable bonds is 5. The average molecular weight is 308 g/mol. The van der Waals surface area contributed by atoms with Gasteiger partial charge in [0, 0.05) is 12.7 Å². The molecule has 0 radical (unpaired) electrons. The highest BCUT2D eigenvalue weighted by molar-refractivity contribution is 7.99. The SMILES string of the molecule is CCn1nc(C)c([N+](=O)[O-])c1Sc1ncccc1C(=O)O. The molecule has 2 aromatic heterocycles. The first-order chi connectivity index (χ1) is 9.95. The third-order valence-corrected chi connectivity index (χ3v) is 3.84. The van der Waals surface area contributed by atoms with Gasteiger partial charge in [-0.15, -0.1) is 0 Å². The molecule has 0 fully saturated rings. The molecule has 2 heterocycles. The molecule has 0 aliphatic carbocycles. The molecule has 0 bridgehead atoms. The van der Waals surface area contributed by atoms with Crippen LogP contribution in [0.5, 0.6) is 0 Å². The fraction of sp³-hybridized carbons (Fsp3) is 0.250. The number of nitro groups is 1. The normalized spacial score (nSPS) is 10.6. The summed E-state index contributed by atoms with van der Waals surface area (Å²) in [6.07, 6.45) is 1.44. The second-order valence-corrected chi connectivity index (χ2v) is 5.05. The van der Waals surface area contributed by atoms with Crippen molar-refractivity contribution in [1.29, 1.82) is 0 Å². The third kappa shape index (κ3) is 2.87. The number of nitrogens with zero attached hydrogens (tertiary/aromatic N) is 4. The molecule has 0 saturated carbocycles. The summed E-state index contributed by atoms with van der Waals surface area (Å²) in [6, 6.07) is 2.91. The van der Waals surface area contributed by atoms with Gasteiger partial charge in [-0.05, 0) is 37.7 Å². The van der Waals surface area contributed by atoms with Crippen LogP contribution in [0.15, 0.2) is 28.4 Å². The van der Waals surface area contributed by atoms with Gasteiger partial charge < -0.3 is 5.11 Å². The number of hydrogen-bond donors (Lipinski definition) is 1. The van der Waals surface area contributed by atoms with Gasteiger partial charge in [0.1, 0.15) is 10.7 Å². The van der Waals surface area contributed by atoms with Crippen LogP contribution in [-0.2, 0) is 6.54 Å². The lowest BCUT2D eigenvalue weighted by Crippen LogP contribution is -2.03. The first kappa shape index (κ1) is 15.0. The molecule has 2 aromatic rings. The Morgan fingerprint density at radius 1 is 1.57 bits per heavy atom. The summed E-state index contributed by atoms with van der Waals surface area (Å²) in [4.78, 5) is 25.8. The second kappa shape index (κ2) is 5.92. The second-order valence-electron chi connectivity index (χ2n) is 4.08. The summed E-state index contributed by atoms with van der Waals surface area (Å²) >= 11 is 0.936. The number of aromatic carboxylic acids is 1. The van der Waals surface area contributed by atoms with Crippen molar-refractivity contribution in [2.45, 2.75) is 30.4 Å². The van der Waals surface area contributed by atoms with Crippen LogP contribution in [0.1, 0.15) is 23.0 Å². The third-order valence-electron chi connectivity index (χ3n) is 2.73. The van der Waals surface area contributed by atoms with E-state index < -0.39 is 10.9 Å². The number of pyridine rings is 1. The molecule has 0 aliphatic rings. The molecule has 0 unspecified atom stereocenters. The van der Waals surface area contributed by atoms with Crippen LogP contribution >= 0.6 is 11.8 Å². The summed E-state index contributed by atoms with van der Waals surface area (Å²) in [5, 5.41) is 24.9. The van der Waals surface area contributed by atoms with E-state index in [1.807, 2.05) is 0 Å². The molecular weight excluding hydrogens is 296 g/mol. The number of carboxylic acid groups (broad SMARTS) is 1. The highest BCUT2D eigenvalue weighted by Crippen LogP contribution is 2.37. The Hall–Kier alpha value is -2.42. The van der Waals surface area contributed by atoms with Crippen LogP contribution in [0.4, 0.5) is 5.69 Å². The van der Waals surface area contributed by atoms with Crippen LogP contribution in [0.2, 0.25) is 0 Å². The van der Waals surface area contributed by atoms with Crippen LogP contribution in [0, 0.1) is 17.0 Å². The van der Waals surface area contributed by atoms with Gasteiger partial charge in [-0.3, -0.25) is 14.8 Å². The van der Waals surface area contributed by atoms with Crippen LogP contribution in [0.25, 0.3) is 0 Å². The fourth-order valence-corrected chi connectivity index (χ4v) is 2.96. The summed E-state index contributed by atoms with van der Waals surface area (Å²) in [7, 11) is 0. The largest absolute Gasteiger partial charge is 0.478 e. The number of aryl methyl sites for hydroxylation is 2. The number of hydrogen-bond acceptors (Lipinski definition) is 6. The van der Waals surface area contributed by atoms with Crippen molar-refractivity contribution in [2.24, 2.45) is 0 Å². The Morgan fingerprint density at radius 3 is 2.86 bits per heavy atom.